The van der Waals surface area contributed by atoms with Crippen molar-refractivity contribution in [3.63, 3.8) is 0 Å². The van der Waals surface area contributed by atoms with Crippen LogP contribution in [0.3, 0.4) is 0 Å². The highest BCUT2D eigenvalue weighted by atomic mass is 32.2. The molecule has 19 heteroatoms. The maximum atomic E-state index is 13.4. The van der Waals surface area contributed by atoms with E-state index < -0.39 is 37.9 Å². The average molecular weight is 957 g/mol. The van der Waals surface area contributed by atoms with Gasteiger partial charge in [-0.2, -0.15) is 0 Å². The van der Waals surface area contributed by atoms with Crippen molar-refractivity contribution in [1.29, 1.82) is 0 Å². The monoisotopic (exact) mass is 956 g/mol. The molecule has 2 aromatic carbocycles. The number of thioether (sulfide) groups is 1. The minimum atomic E-state index is -2.82. The smallest absolute Gasteiger partial charge is 0.343 e. The van der Waals surface area contributed by atoms with Crippen molar-refractivity contribution in [2.75, 3.05) is 45.6 Å². The number of pyridine rings is 4. The van der Waals surface area contributed by atoms with Crippen LogP contribution in [0.1, 0.15) is 60.1 Å². The molecule has 1 N–H and O–H groups in total. The lowest BCUT2D eigenvalue weighted by atomic mass is 9.85. The molecule has 2 atom stereocenters. The molecule has 8 heterocycles. The second-order valence-corrected chi connectivity index (χ2v) is 23.2. The number of hydrogen-bond acceptors (Lipinski definition) is 14. The summed E-state index contributed by atoms with van der Waals surface area (Å²) in [5, 5.41) is 2.05. The molecule has 0 bridgehead atoms. The van der Waals surface area contributed by atoms with Crippen molar-refractivity contribution < 1.29 is 47.1 Å². The molecule has 66 heavy (non-hydrogen) atoms. The molecule has 0 aliphatic carbocycles. The van der Waals surface area contributed by atoms with Crippen LogP contribution in [-0.2, 0) is 79.7 Å². The van der Waals surface area contributed by atoms with E-state index >= 15 is 0 Å². The number of para-hydroxylation sites is 2. The van der Waals surface area contributed by atoms with Crippen molar-refractivity contribution in [2.24, 2.45) is 0 Å². The highest BCUT2D eigenvalue weighted by Gasteiger charge is 2.50. The first-order chi connectivity index (χ1) is 31.3. The third-order valence-electron chi connectivity index (χ3n) is 11.9. The van der Waals surface area contributed by atoms with Crippen LogP contribution in [0.25, 0.3) is 44.6 Å². The highest BCUT2D eigenvalue weighted by Crippen LogP contribution is 2.44. The van der Waals surface area contributed by atoms with Crippen molar-refractivity contribution in [3.05, 3.63) is 127 Å². The topological polar surface area (TPSA) is 204 Å². The summed E-state index contributed by atoms with van der Waals surface area (Å²) >= 11 is 1.48. The number of aromatic nitrogens is 4. The average Bonchev–Trinajstić information content (AvgIpc) is 3.82. The standard InChI is InChI=1S/C23H23N2O6P.C22H20N2O4S.C2H7O2P/c1-4-23(30-13-31-32(2,3)28)17-10-19-20-15(9-14-7-5-6-8-18(14)24-20)11-25(19)21(26)16(17)12-29-22(23)27;1-3-22(28-12-29-2)16-9-18-19-14(8-13-6-4-5-7-17(13)23-19)10-24(18)20(25)15(16)11-27-21(22)26;1-5(2,3)4/h5-10H,4,11-13H2,1-3H3;4-9H,3,10-12H2,1-2H3;1-2H3,(H,3,4)/t23-;22-;/m00./s1. The highest BCUT2D eigenvalue weighted by molar-refractivity contribution is 7.98. The van der Waals surface area contributed by atoms with Crippen LogP contribution in [0.2, 0.25) is 0 Å². The number of nitrogens with zero attached hydrogens (tertiary/aromatic N) is 4. The fourth-order valence-electron chi connectivity index (χ4n) is 8.72. The van der Waals surface area contributed by atoms with Crippen molar-refractivity contribution >= 4 is 60.2 Å². The Morgan fingerprint density at radius 2 is 1.12 bits per heavy atom. The summed E-state index contributed by atoms with van der Waals surface area (Å²) in [6, 6.07) is 23.5. The largest absolute Gasteiger partial charge is 0.458 e. The Morgan fingerprint density at radius 3 is 1.53 bits per heavy atom. The van der Waals surface area contributed by atoms with Gasteiger partial charge in [0.15, 0.2) is 32.7 Å². The van der Waals surface area contributed by atoms with Crippen molar-refractivity contribution in [3.8, 4) is 22.8 Å². The second kappa shape index (κ2) is 18.1. The summed E-state index contributed by atoms with van der Waals surface area (Å²) in [4.78, 5) is 70.1. The summed E-state index contributed by atoms with van der Waals surface area (Å²) in [6.07, 6.45) is 2.52. The molecule has 0 fully saturated rings. The van der Waals surface area contributed by atoms with Crippen LogP contribution >= 0.6 is 26.5 Å². The predicted octanol–water partition coefficient (Wildman–Crippen LogP) is 7.56. The van der Waals surface area contributed by atoms with Crippen LogP contribution in [0.5, 0.6) is 0 Å². The number of benzene rings is 2. The minimum absolute atomic E-state index is 0.0244. The van der Waals surface area contributed by atoms with Gasteiger partial charge in [0.1, 0.15) is 13.2 Å². The van der Waals surface area contributed by atoms with E-state index in [9.17, 15) is 28.3 Å². The van der Waals surface area contributed by atoms with Crippen molar-refractivity contribution in [2.45, 2.75) is 64.2 Å². The normalized spacial score (nSPS) is 18.9. The Bertz CT molecular complexity index is 3170. The fraction of sp³-hybridized carbons (Fsp3) is 0.362. The molecular formula is C47H50N4O12P2S. The number of ether oxygens (including phenoxy) is 4. The van der Waals surface area contributed by atoms with Gasteiger partial charge in [-0.25, -0.2) is 19.6 Å². The lowest BCUT2D eigenvalue weighted by Gasteiger charge is -2.36. The molecule has 346 valence electrons. The first-order valence-corrected chi connectivity index (χ1v) is 27.7. The lowest BCUT2D eigenvalue weighted by Crippen LogP contribution is -2.46. The molecule has 0 saturated carbocycles. The van der Waals surface area contributed by atoms with Crippen LogP contribution in [-0.4, -0.2) is 81.6 Å². The van der Waals surface area contributed by atoms with E-state index in [1.54, 1.807) is 16.1 Å². The second-order valence-electron chi connectivity index (χ2n) is 17.0. The number of rotatable bonds is 9. The first-order valence-electron chi connectivity index (χ1n) is 21.2. The van der Waals surface area contributed by atoms with E-state index in [0.717, 1.165) is 50.0 Å². The van der Waals surface area contributed by atoms with Gasteiger partial charge in [-0.15, -0.1) is 11.8 Å². The van der Waals surface area contributed by atoms with Crippen molar-refractivity contribution in [1.82, 2.24) is 19.1 Å². The van der Waals surface area contributed by atoms with E-state index in [0.29, 0.717) is 53.4 Å². The minimum Gasteiger partial charge on any atom is -0.458 e. The van der Waals surface area contributed by atoms with Crippen LogP contribution < -0.4 is 11.1 Å². The molecule has 4 aliphatic heterocycles. The molecule has 4 aliphatic rings. The van der Waals surface area contributed by atoms with Gasteiger partial charge in [0, 0.05) is 59.7 Å². The van der Waals surface area contributed by atoms with Crippen LogP contribution in [0.4, 0.5) is 0 Å². The number of cyclic esters (lactones) is 2. The summed E-state index contributed by atoms with van der Waals surface area (Å²) in [6.45, 7) is 9.55. The molecule has 4 aromatic heterocycles. The third kappa shape index (κ3) is 8.74. The zero-order valence-electron chi connectivity index (χ0n) is 37.6. The number of carbonyl (C=O) groups excluding carboxylic acids is 2. The Kier molecular flexibility index (Phi) is 13.0. The van der Waals surface area contributed by atoms with Crippen LogP contribution in [0.15, 0.2) is 82.4 Å². The van der Waals surface area contributed by atoms with E-state index in [1.165, 1.54) is 38.4 Å². The van der Waals surface area contributed by atoms with E-state index in [4.69, 9.17) is 38.3 Å². The zero-order chi connectivity index (χ0) is 47.3. The molecule has 0 saturated heterocycles. The third-order valence-corrected chi connectivity index (χ3v) is 12.9. The van der Waals surface area contributed by atoms with Gasteiger partial charge >= 0.3 is 11.9 Å². The maximum Gasteiger partial charge on any atom is 0.343 e. The van der Waals surface area contributed by atoms with E-state index in [2.05, 4.69) is 6.07 Å². The number of carbonyl (C=O) groups is 2. The Hall–Kier alpha value is -5.25. The number of hydrogen-bond donors (Lipinski definition) is 1. The zero-order valence-corrected chi connectivity index (χ0v) is 40.2. The van der Waals surface area contributed by atoms with Gasteiger partial charge < -0.3 is 37.5 Å². The molecule has 0 spiro atoms. The number of esters is 2. The quantitative estimate of drug-likeness (QED) is 0.0842. The van der Waals surface area contributed by atoms with E-state index in [1.807, 2.05) is 79.9 Å². The number of fused-ring (bicyclic) bond motifs is 10. The predicted molar refractivity (Wildman–Crippen MR) is 252 cm³/mol. The molecule has 0 radical (unpaired) electrons. The Balaban J connectivity index is 0.000000164. The van der Waals surface area contributed by atoms with Crippen LogP contribution in [0, 0.1) is 0 Å². The molecule has 16 nitrogen and oxygen atoms in total. The summed E-state index contributed by atoms with van der Waals surface area (Å²) < 4.78 is 53.0. The van der Waals surface area contributed by atoms with Gasteiger partial charge in [-0.05, 0) is 55.5 Å². The van der Waals surface area contributed by atoms with Gasteiger partial charge in [0.25, 0.3) is 11.1 Å². The lowest BCUT2D eigenvalue weighted by molar-refractivity contribution is -0.191. The Morgan fingerprint density at radius 1 is 0.697 bits per heavy atom. The molecule has 10 rings (SSSR count). The molecule has 6 aromatic rings. The fourth-order valence-corrected chi connectivity index (χ4v) is 9.34. The van der Waals surface area contributed by atoms with Gasteiger partial charge in [0.05, 0.1) is 64.0 Å². The van der Waals surface area contributed by atoms with Gasteiger partial charge in [-0.1, -0.05) is 50.2 Å². The molecule has 0 unspecified atom stereocenters. The first kappa shape index (κ1) is 47.3. The van der Waals surface area contributed by atoms with E-state index in [-0.39, 0.29) is 37.5 Å². The summed E-state index contributed by atoms with van der Waals surface area (Å²) in [5.41, 5.74) is 5.34. The summed E-state index contributed by atoms with van der Waals surface area (Å²) in [5.74, 6) is -0.692. The Labute approximate surface area is 384 Å². The van der Waals surface area contributed by atoms with Gasteiger partial charge in [-0.3, -0.25) is 18.7 Å². The maximum absolute atomic E-state index is 13.4. The molecule has 0 amide bonds. The summed E-state index contributed by atoms with van der Waals surface area (Å²) in [7, 11) is -5.46. The molecular weight excluding hydrogens is 907 g/mol. The van der Waals surface area contributed by atoms with Gasteiger partial charge in [0.2, 0.25) is 0 Å². The SMILES string of the molecule is CC[C@@]1(OCOP(C)(C)=O)C(=O)OCc2c1cc1n(c2=O)Cc2cc3ccccc3nc2-1.CC[C@@]1(OCSC)C(=O)OCc2c1cc1n(c2=O)Cc2cc3ccccc3nc2-1.CP(C)(=O)O.